The maximum Gasteiger partial charge on any atom is 0.407 e. The molecule has 0 unspecified atom stereocenters. The third-order valence-corrected chi connectivity index (χ3v) is 8.07. The third kappa shape index (κ3) is 4.24. The molecule has 5 nitrogen and oxygen atoms in total. The Labute approximate surface area is 244 Å². The molecule has 0 bridgehead atoms. The number of benzene rings is 6. The van der Waals surface area contributed by atoms with Gasteiger partial charge in [-0.2, -0.15) is 0 Å². The summed E-state index contributed by atoms with van der Waals surface area (Å²) in [6, 6.07) is 34.1. The molecule has 0 aromatic heterocycles. The molecule has 1 N–H and O–H groups in total. The van der Waals surface area contributed by atoms with Gasteiger partial charge in [-0.25, -0.2) is 4.79 Å². The van der Waals surface area contributed by atoms with Gasteiger partial charge in [-0.05, 0) is 86.1 Å². The van der Waals surface area contributed by atoms with Crippen molar-refractivity contribution in [3.05, 3.63) is 108 Å². The van der Waals surface area contributed by atoms with Gasteiger partial charge in [0.25, 0.3) is 0 Å². The Balaban J connectivity index is 1.42. The Hall–Kier alpha value is -4.90. The number of rotatable bonds is 4. The van der Waals surface area contributed by atoms with Crippen LogP contribution in [0.25, 0.3) is 54.2 Å². The van der Waals surface area contributed by atoms with E-state index in [0.29, 0.717) is 0 Å². The van der Waals surface area contributed by atoms with Crippen molar-refractivity contribution < 1.29 is 19.1 Å². The van der Waals surface area contributed by atoms with E-state index in [1.165, 1.54) is 54.6 Å². The quantitative estimate of drug-likeness (QED) is 0.176. The van der Waals surface area contributed by atoms with E-state index in [1.807, 2.05) is 0 Å². The Kier molecular flexibility index (Phi) is 6.12. The normalized spacial score (nSPS) is 12.9. The Morgan fingerprint density at radius 2 is 1.00 bits per heavy atom. The number of esters is 1. The number of alkyl carbamates (subject to hydrolysis) is 1. The highest BCUT2D eigenvalue weighted by molar-refractivity contribution is 6.25. The molecule has 0 heterocycles. The Morgan fingerprint density at radius 3 is 1.43 bits per heavy atom. The van der Waals surface area contributed by atoms with Gasteiger partial charge in [-0.3, -0.25) is 4.79 Å². The fourth-order valence-electron chi connectivity index (χ4n) is 6.64. The highest BCUT2D eigenvalue weighted by Gasteiger charge is 2.36. The van der Waals surface area contributed by atoms with Crippen LogP contribution in [0.3, 0.4) is 0 Å². The molecule has 0 saturated carbocycles. The zero-order valence-electron chi connectivity index (χ0n) is 23.9. The van der Waals surface area contributed by atoms with Crippen molar-refractivity contribution in [3.8, 4) is 11.1 Å². The molecular weight excluding hydrogens is 522 g/mol. The van der Waals surface area contributed by atoms with Crippen molar-refractivity contribution in [2.75, 3.05) is 13.2 Å². The highest BCUT2D eigenvalue weighted by atomic mass is 16.6. The second kappa shape index (κ2) is 9.88. The third-order valence-electron chi connectivity index (χ3n) is 8.07. The summed E-state index contributed by atoms with van der Waals surface area (Å²) in [5.41, 5.74) is 4.10. The molecule has 0 atom stereocenters. The second-order valence-electron chi connectivity index (χ2n) is 11.9. The number of amides is 1. The van der Waals surface area contributed by atoms with Gasteiger partial charge in [0.15, 0.2) is 0 Å². The van der Waals surface area contributed by atoms with E-state index in [2.05, 4.69) is 102 Å². The summed E-state index contributed by atoms with van der Waals surface area (Å²) in [6.07, 6.45) is -0.647. The predicted molar refractivity (Wildman–Crippen MR) is 169 cm³/mol. The topological polar surface area (TPSA) is 64.6 Å². The van der Waals surface area contributed by atoms with Gasteiger partial charge in [0.1, 0.15) is 18.8 Å². The molecule has 208 valence electrons. The van der Waals surface area contributed by atoms with E-state index >= 15 is 0 Å². The molecular formula is C37H31NO4. The molecule has 6 aromatic rings. The monoisotopic (exact) mass is 553 g/mol. The smallest absolute Gasteiger partial charge is 0.407 e. The zero-order valence-corrected chi connectivity index (χ0v) is 23.9. The van der Waals surface area contributed by atoms with E-state index in [9.17, 15) is 9.59 Å². The van der Waals surface area contributed by atoms with Gasteiger partial charge in [0, 0.05) is 5.92 Å². The van der Waals surface area contributed by atoms with Gasteiger partial charge < -0.3 is 14.8 Å². The van der Waals surface area contributed by atoms with Crippen LogP contribution >= 0.6 is 0 Å². The number of hydrogen-bond donors (Lipinski definition) is 1. The summed E-state index contributed by atoms with van der Waals surface area (Å²) < 4.78 is 11.2. The van der Waals surface area contributed by atoms with Crippen molar-refractivity contribution >= 4 is 55.2 Å². The van der Waals surface area contributed by atoms with Crippen LogP contribution < -0.4 is 5.32 Å². The standard InChI is InChI=1S/C37H31NO4/c1-37(2,3)42-31(39)20-38-36(40)41-21-30-32-26-16-8-4-12-22(26)24-14-6-10-18-28(24)34(32)35-29-19-11-7-15-25(29)23-13-5-9-17-27(23)33(30)35/h4-19,30H,20-21H2,1-3H3,(H,38,40). The number of carbonyl (C=O) groups excluding carboxylic acids is 2. The molecule has 0 spiro atoms. The summed E-state index contributed by atoms with van der Waals surface area (Å²) >= 11 is 0. The summed E-state index contributed by atoms with van der Waals surface area (Å²) in [7, 11) is 0. The van der Waals surface area contributed by atoms with Crippen molar-refractivity contribution in [3.63, 3.8) is 0 Å². The lowest BCUT2D eigenvalue weighted by atomic mass is 9.88. The maximum absolute atomic E-state index is 12.9. The van der Waals surface area contributed by atoms with Crippen molar-refractivity contribution in [2.45, 2.75) is 32.3 Å². The summed E-state index contributed by atoms with van der Waals surface area (Å²) in [5.74, 6) is -0.711. The Bertz CT molecular complexity index is 1930. The van der Waals surface area contributed by atoms with Crippen molar-refractivity contribution in [2.24, 2.45) is 0 Å². The molecule has 1 amide bonds. The molecule has 7 rings (SSSR count). The van der Waals surface area contributed by atoms with E-state index < -0.39 is 17.7 Å². The molecule has 0 fully saturated rings. The van der Waals surface area contributed by atoms with Gasteiger partial charge in [0.05, 0.1) is 0 Å². The summed E-state index contributed by atoms with van der Waals surface area (Å²) in [6.45, 7) is 5.25. The molecule has 5 heteroatoms. The number of fused-ring (bicyclic) bond motifs is 13. The minimum Gasteiger partial charge on any atom is -0.459 e. The van der Waals surface area contributed by atoms with Gasteiger partial charge in [-0.15, -0.1) is 0 Å². The largest absolute Gasteiger partial charge is 0.459 e. The molecule has 1 aliphatic carbocycles. The van der Waals surface area contributed by atoms with E-state index in [0.717, 1.165) is 10.8 Å². The van der Waals surface area contributed by atoms with Crippen LogP contribution in [0, 0.1) is 0 Å². The first-order chi connectivity index (χ1) is 20.3. The number of carbonyl (C=O) groups is 2. The fraction of sp³-hybridized carbons (Fsp3) is 0.189. The van der Waals surface area contributed by atoms with E-state index in [4.69, 9.17) is 9.47 Å². The van der Waals surface area contributed by atoms with Gasteiger partial charge in [0.2, 0.25) is 0 Å². The Morgan fingerprint density at radius 1 is 0.619 bits per heavy atom. The average molecular weight is 554 g/mol. The fourth-order valence-corrected chi connectivity index (χ4v) is 6.64. The lowest BCUT2D eigenvalue weighted by molar-refractivity contribution is -0.153. The SMILES string of the molecule is CC(C)(C)OC(=O)CNC(=O)OCC1c2c(c3ccccc3c3ccccc23)-c2c1c1ccccc1c1ccccc21. The van der Waals surface area contributed by atoms with Crippen LogP contribution in [0.2, 0.25) is 0 Å². The van der Waals surface area contributed by atoms with Gasteiger partial charge in [-0.1, -0.05) is 97.1 Å². The minimum absolute atomic E-state index is 0.130. The predicted octanol–water partition coefficient (Wildman–Crippen LogP) is 8.48. The lowest BCUT2D eigenvalue weighted by Gasteiger charge is -2.20. The van der Waals surface area contributed by atoms with Crippen LogP contribution in [0.1, 0.15) is 37.8 Å². The van der Waals surface area contributed by atoms with Crippen LogP contribution in [0.5, 0.6) is 0 Å². The molecule has 6 aromatic carbocycles. The molecule has 42 heavy (non-hydrogen) atoms. The summed E-state index contributed by atoms with van der Waals surface area (Å²) in [5, 5.41) is 12.0. The first kappa shape index (κ1) is 26.0. The van der Waals surface area contributed by atoms with Crippen molar-refractivity contribution in [1.82, 2.24) is 5.32 Å². The average Bonchev–Trinajstić information content (AvgIpc) is 3.34. The number of hydrogen-bond acceptors (Lipinski definition) is 4. The second-order valence-corrected chi connectivity index (χ2v) is 11.9. The minimum atomic E-state index is -0.647. The van der Waals surface area contributed by atoms with E-state index in [1.54, 1.807) is 20.8 Å². The lowest BCUT2D eigenvalue weighted by Crippen LogP contribution is -2.35. The number of nitrogens with one attached hydrogen (secondary N) is 1. The first-order valence-electron chi connectivity index (χ1n) is 14.3. The molecule has 0 saturated heterocycles. The van der Waals surface area contributed by atoms with Gasteiger partial charge >= 0.3 is 12.1 Å². The van der Waals surface area contributed by atoms with Crippen molar-refractivity contribution in [1.29, 1.82) is 0 Å². The highest BCUT2D eigenvalue weighted by Crippen LogP contribution is 2.56. The van der Waals surface area contributed by atoms with Crippen LogP contribution in [-0.2, 0) is 14.3 Å². The maximum atomic E-state index is 12.9. The van der Waals surface area contributed by atoms with Crippen LogP contribution in [0.4, 0.5) is 4.79 Å². The number of ether oxygens (including phenoxy) is 2. The summed E-state index contributed by atoms with van der Waals surface area (Å²) in [4.78, 5) is 25.1. The van der Waals surface area contributed by atoms with Crippen LogP contribution in [0.15, 0.2) is 97.1 Å². The van der Waals surface area contributed by atoms with Crippen LogP contribution in [-0.4, -0.2) is 30.8 Å². The zero-order chi connectivity index (χ0) is 29.0. The molecule has 0 aliphatic heterocycles. The first-order valence-corrected chi connectivity index (χ1v) is 14.3. The molecule has 0 radical (unpaired) electrons. The van der Waals surface area contributed by atoms with E-state index in [-0.39, 0.29) is 19.1 Å². The molecule has 1 aliphatic rings.